The van der Waals surface area contributed by atoms with Gasteiger partial charge < -0.3 is 5.32 Å². The van der Waals surface area contributed by atoms with Crippen molar-refractivity contribution in [3.05, 3.63) is 64.2 Å². The fourth-order valence-electron chi connectivity index (χ4n) is 1.66. The molecule has 2 aromatic carbocycles. The van der Waals surface area contributed by atoms with Crippen molar-refractivity contribution in [2.24, 2.45) is 0 Å². The molecule has 0 bridgehead atoms. The highest BCUT2D eigenvalue weighted by molar-refractivity contribution is 7.86. The van der Waals surface area contributed by atoms with E-state index in [-0.39, 0.29) is 16.9 Å². The fourth-order valence-corrected chi connectivity index (χ4v) is 2.17. The van der Waals surface area contributed by atoms with Crippen molar-refractivity contribution in [3.8, 4) is 0 Å². The lowest BCUT2D eigenvalue weighted by Gasteiger charge is -2.06. The molecule has 7 nitrogen and oxygen atoms in total. The van der Waals surface area contributed by atoms with Crippen molar-refractivity contribution in [1.29, 1.82) is 0 Å². The largest absolute Gasteiger partial charge is 0.332 e. The molecule has 0 aromatic heterocycles. The van der Waals surface area contributed by atoms with E-state index in [0.29, 0.717) is 0 Å². The lowest BCUT2D eigenvalue weighted by atomic mass is 10.2. The van der Waals surface area contributed by atoms with Crippen molar-refractivity contribution >= 4 is 27.5 Å². The van der Waals surface area contributed by atoms with Crippen LogP contribution in [0.25, 0.3) is 0 Å². The number of carbonyl (C=O) groups is 1. The molecule has 114 valence electrons. The van der Waals surface area contributed by atoms with Crippen molar-refractivity contribution in [2.75, 3.05) is 5.32 Å². The molecule has 0 aliphatic rings. The number of amides is 1. The summed E-state index contributed by atoms with van der Waals surface area (Å²) in [7, 11) is -4.87. The third kappa shape index (κ3) is 3.64. The minimum atomic E-state index is -4.87. The van der Waals surface area contributed by atoms with Crippen molar-refractivity contribution < 1.29 is 22.0 Å². The zero-order valence-corrected chi connectivity index (χ0v) is 11.7. The van der Waals surface area contributed by atoms with Crippen LogP contribution in [0.15, 0.2) is 53.4 Å². The van der Waals surface area contributed by atoms with Crippen LogP contribution in [-0.2, 0) is 10.2 Å². The Kier molecular flexibility index (Phi) is 4.18. The molecule has 0 fully saturated rings. The van der Waals surface area contributed by atoms with Gasteiger partial charge in [0, 0.05) is 23.4 Å². The number of carbonyl (C=O) groups excluding carboxylic acids is 1. The third-order valence-electron chi connectivity index (χ3n) is 2.71. The smallest absolute Gasteiger partial charge is 0.322 e. The van der Waals surface area contributed by atoms with E-state index in [0.717, 1.165) is 24.3 Å². The van der Waals surface area contributed by atoms with E-state index in [2.05, 4.69) is 5.32 Å². The summed E-state index contributed by atoms with van der Waals surface area (Å²) in [6, 6.07) is 9.52. The molecular weight excluding hydrogens is 315 g/mol. The van der Waals surface area contributed by atoms with Gasteiger partial charge in [-0.2, -0.15) is 8.42 Å². The van der Waals surface area contributed by atoms with Crippen LogP contribution in [-0.4, -0.2) is 19.2 Å². The summed E-state index contributed by atoms with van der Waals surface area (Å²) in [6.45, 7) is 0. The predicted octanol–water partition coefficient (Wildman–Crippen LogP) is 2.51. The van der Waals surface area contributed by atoms with Gasteiger partial charge in [-0.15, -0.1) is 3.89 Å². The second-order valence-electron chi connectivity index (χ2n) is 4.22. The first-order valence-corrected chi connectivity index (χ1v) is 7.26. The highest BCUT2D eigenvalue weighted by atomic mass is 32.3. The molecule has 0 unspecified atom stereocenters. The van der Waals surface area contributed by atoms with E-state index in [1.165, 1.54) is 24.3 Å². The summed E-state index contributed by atoms with van der Waals surface area (Å²) in [5.74, 6) is -0.608. The molecule has 1 N–H and O–H groups in total. The maximum absolute atomic E-state index is 12.9. The number of hydrogen-bond donors (Lipinski definition) is 1. The van der Waals surface area contributed by atoms with Crippen LogP contribution >= 0.6 is 0 Å². The third-order valence-corrected chi connectivity index (χ3v) is 3.53. The number of rotatable bonds is 4. The molecule has 22 heavy (non-hydrogen) atoms. The molecule has 0 atom stereocenters. The van der Waals surface area contributed by atoms with Crippen LogP contribution in [0.1, 0.15) is 10.4 Å². The van der Waals surface area contributed by atoms with Gasteiger partial charge in [-0.25, -0.2) is 0 Å². The number of non-ortho nitro benzene ring substituents is 1. The molecule has 0 heterocycles. The van der Waals surface area contributed by atoms with Crippen LogP contribution in [0.5, 0.6) is 0 Å². The Morgan fingerprint density at radius 1 is 1.14 bits per heavy atom. The van der Waals surface area contributed by atoms with Gasteiger partial charge in [0.2, 0.25) is 0 Å². The first kappa shape index (κ1) is 15.6. The number of nitro benzene ring substituents is 1. The minimum absolute atomic E-state index is 0.0853. The van der Waals surface area contributed by atoms with Crippen LogP contribution in [0.3, 0.4) is 0 Å². The van der Waals surface area contributed by atoms with Crippen LogP contribution in [0.2, 0.25) is 0 Å². The SMILES string of the molecule is O=C(Nc1cccc(S(=O)(=O)F)c1)c1ccc([N+](=O)[O-])cc1. The molecule has 0 saturated carbocycles. The number of benzene rings is 2. The topological polar surface area (TPSA) is 106 Å². The normalized spacial score (nSPS) is 11.0. The van der Waals surface area contributed by atoms with Gasteiger partial charge in [0.1, 0.15) is 4.90 Å². The van der Waals surface area contributed by atoms with Gasteiger partial charge in [-0.3, -0.25) is 14.9 Å². The van der Waals surface area contributed by atoms with E-state index in [9.17, 15) is 27.2 Å². The summed E-state index contributed by atoms with van der Waals surface area (Å²) in [4.78, 5) is 21.3. The van der Waals surface area contributed by atoms with E-state index in [4.69, 9.17) is 0 Å². The standard InChI is InChI=1S/C13H9FN2O5S/c14-22(20,21)12-3-1-2-10(8-12)15-13(17)9-4-6-11(7-5-9)16(18)19/h1-8H,(H,15,17). The van der Waals surface area contributed by atoms with Gasteiger partial charge in [-0.1, -0.05) is 6.07 Å². The molecule has 9 heteroatoms. The van der Waals surface area contributed by atoms with Crippen LogP contribution in [0, 0.1) is 10.1 Å². The predicted molar refractivity (Wildman–Crippen MR) is 75.8 cm³/mol. The fraction of sp³-hybridized carbons (Fsp3) is 0. The number of hydrogen-bond acceptors (Lipinski definition) is 5. The quantitative estimate of drug-likeness (QED) is 0.528. The number of anilines is 1. The van der Waals surface area contributed by atoms with Gasteiger partial charge in [-0.05, 0) is 30.3 Å². The van der Waals surface area contributed by atoms with Gasteiger partial charge >= 0.3 is 10.2 Å². The Morgan fingerprint density at radius 2 is 1.77 bits per heavy atom. The molecule has 0 aliphatic carbocycles. The summed E-state index contributed by atoms with van der Waals surface area (Å²) < 4.78 is 34.5. The van der Waals surface area contributed by atoms with Crippen LogP contribution in [0.4, 0.5) is 15.3 Å². The Balaban J connectivity index is 2.20. The summed E-state index contributed by atoms with van der Waals surface area (Å²) >= 11 is 0. The summed E-state index contributed by atoms with van der Waals surface area (Å²) in [6.07, 6.45) is 0. The van der Waals surface area contributed by atoms with Gasteiger partial charge in [0.05, 0.1) is 4.92 Å². The zero-order valence-electron chi connectivity index (χ0n) is 10.9. The number of nitrogens with one attached hydrogen (secondary N) is 1. The molecular formula is C13H9FN2O5S. The summed E-state index contributed by atoms with van der Waals surface area (Å²) in [5, 5.41) is 12.9. The lowest BCUT2D eigenvalue weighted by Crippen LogP contribution is -2.12. The first-order valence-electron chi connectivity index (χ1n) is 5.88. The monoisotopic (exact) mass is 324 g/mol. The van der Waals surface area contributed by atoms with Crippen molar-refractivity contribution in [3.63, 3.8) is 0 Å². The second kappa shape index (κ2) is 5.90. The Bertz CT molecular complexity index is 834. The second-order valence-corrected chi connectivity index (χ2v) is 5.57. The number of nitrogens with zero attached hydrogens (tertiary/aromatic N) is 1. The molecule has 2 aromatic rings. The Labute approximate surface area is 124 Å². The first-order chi connectivity index (χ1) is 10.3. The average Bonchev–Trinajstić information content (AvgIpc) is 2.46. The van der Waals surface area contributed by atoms with E-state index in [1.54, 1.807) is 0 Å². The lowest BCUT2D eigenvalue weighted by molar-refractivity contribution is -0.384. The van der Waals surface area contributed by atoms with E-state index in [1.807, 2.05) is 0 Å². The highest BCUT2D eigenvalue weighted by Gasteiger charge is 2.14. The molecule has 1 amide bonds. The average molecular weight is 324 g/mol. The van der Waals surface area contributed by atoms with Crippen molar-refractivity contribution in [2.45, 2.75) is 4.90 Å². The van der Waals surface area contributed by atoms with Gasteiger partial charge in [0.15, 0.2) is 0 Å². The maximum Gasteiger partial charge on any atom is 0.332 e. The van der Waals surface area contributed by atoms with Gasteiger partial charge in [0.25, 0.3) is 11.6 Å². The number of nitro groups is 1. The van der Waals surface area contributed by atoms with E-state index < -0.39 is 25.9 Å². The zero-order chi connectivity index (χ0) is 16.3. The highest BCUT2D eigenvalue weighted by Crippen LogP contribution is 2.18. The van der Waals surface area contributed by atoms with Crippen LogP contribution < -0.4 is 5.32 Å². The number of halogens is 1. The Morgan fingerprint density at radius 3 is 2.32 bits per heavy atom. The molecule has 0 aliphatic heterocycles. The van der Waals surface area contributed by atoms with E-state index >= 15 is 0 Å². The molecule has 0 radical (unpaired) electrons. The molecule has 0 spiro atoms. The summed E-state index contributed by atoms with van der Waals surface area (Å²) in [5.41, 5.74) is 0.0586. The molecule has 2 rings (SSSR count). The minimum Gasteiger partial charge on any atom is -0.322 e. The molecule has 0 saturated heterocycles. The Hall–Kier alpha value is -2.81. The maximum atomic E-state index is 12.9. The van der Waals surface area contributed by atoms with Crippen molar-refractivity contribution in [1.82, 2.24) is 0 Å².